The Hall–Kier alpha value is -3.37. The molecular weight excluding hydrogens is 450 g/mol. The van der Waals surface area contributed by atoms with Gasteiger partial charge in [0.2, 0.25) is 5.28 Å². The monoisotopic (exact) mass is 460 g/mol. The minimum Gasteiger partial charge on any atom is -0.268 e. The largest absolute Gasteiger partial charge is 0.271 e. The summed E-state index contributed by atoms with van der Waals surface area (Å²) in [6.07, 6.45) is 0.741. The van der Waals surface area contributed by atoms with Crippen molar-refractivity contribution in [2.75, 3.05) is 0 Å². The number of fused-ring (bicyclic) bond motifs is 4. The molecule has 0 N–H and O–H groups in total. The Kier molecular flexibility index (Phi) is 4.15. The van der Waals surface area contributed by atoms with Crippen LogP contribution in [0.2, 0.25) is 5.28 Å². The summed E-state index contributed by atoms with van der Waals surface area (Å²) < 4.78 is 56.8. The molecule has 0 amide bonds. The molecule has 0 bridgehead atoms. The lowest BCUT2D eigenvalue weighted by atomic mass is 10.2. The van der Waals surface area contributed by atoms with Gasteiger partial charge in [0.05, 0.1) is 22.0 Å². The summed E-state index contributed by atoms with van der Waals surface area (Å²) >= 11 is 6.15. The fourth-order valence-electron chi connectivity index (χ4n) is 3.43. The molecule has 0 spiro atoms. The van der Waals surface area contributed by atoms with Gasteiger partial charge in [0.25, 0.3) is 15.6 Å². The van der Waals surface area contributed by atoms with E-state index in [1.54, 1.807) is 19.1 Å². The lowest BCUT2D eigenvalue weighted by molar-refractivity contribution is 0.585. The Morgan fingerprint density at radius 2 is 1.65 bits per heavy atom. The van der Waals surface area contributed by atoms with Crippen molar-refractivity contribution in [2.45, 2.75) is 11.8 Å². The summed E-state index contributed by atoms with van der Waals surface area (Å²) in [7, 11) is -4.23. The Morgan fingerprint density at radius 1 is 0.935 bits per heavy atom. The molecule has 0 aliphatic carbocycles. The first kappa shape index (κ1) is 19.6. The van der Waals surface area contributed by atoms with E-state index in [1.165, 1.54) is 24.3 Å². The lowest BCUT2D eigenvalue weighted by Gasteiger charge is -2.09. The Bertz CT molecular complexity index is 1710. The van der Waals surface area contributed by atoms with Crippen molar-refractivity contribution in [2.24, 2.45) is 0 Å². The van der Waals surface area contributed by atoms with Gasteiger partial charge in [0.15, 0.2) is 17.1 Å². The average molecular weight is 461 g/mol. The molecule has 11 heteroatoms. The summed E-state index contributed by atoms with van der Waals surface area (Å²) in [6, 6.07) is 9.80. The van der Waals surface area contributed by atoms with Gasteiger partial charge >= 0.3 is 0 Å². The van der Waals surface area contributed by atoms with E-state index in [0.717, 1.165) is 22.2 Å². The van der Waals surface area contributed by atoms with Crippen LogP contribution >= 0.6 is 11.6 Å². The second kappa shape index (κ2) is 6.56. The molecule has 0 aliphatic rings. The summed E-state index contributed by atoms with van der Waals surface area (Å²) in [5, 5.41) is -1.15. The van der Waals surface area contributed by atoms with Crippen LogP contribution in [0.5, 0.6) is 0 Å². The van der Waals surface area contributed by atoms with E-state index in [1.807, 2.05) is 0 Å². The van der Waals surface area contributed by atoms with Gasteiger partial charge in [-0.2, -0.15) is 4.98 Å². The van der Waals surface area contributed by atoms with Crippen molar-refractivity contribution in [1.29, 1.82) is 0 Å². The summed E-state index contributed by atoms with van der Waals surface area (Å²) in [5.41, 5.74) is -0.676. The van der Waals surface area contributed by atoms with Gasteiger partial charge in [-0.3, -0.25) is 4.79 Å². The first-order valence-corrected chi connectivity index (χ1v) is 10.7. The Labute approximate surface area is 178 Å². The molecule has 0 fully saturated rings. The molecule has 3 heterocycles. The van der Waals surface area contributed by atoms with Crippen LogP contribution in [0.4, 0.5) is 8.78 Å². The van der Waals surface area contributed by atoms with Crippen LogP contribution in [0, 0.1) is 18.6 Å². The first-order chi connectivity index (χ1) is 14.7. The Morgan fingerprint density at radius 3 is 2.35 bits per heavy atom. The molecule has 2 aromatic carbocycles. The molecule has 5 rings (SSSR count). The molecule has 3 aromatic heterocycles. The predicted molar refractivity (Wildman–Crippen MR) is 111 cm³/mol. The minimum absolute atomic E-state index is 0.0258. The SMILES string of the molecule is Cc1ccc(S(=O)(=O)n2cc(F)c3c2nc(Cl)n2c(=O)c4c(F)cccc4nc32)cc1. The zero-order valence-corrected chi connectivity index (χ0v) is 17.2. The molecule has 0 aliphatic heterocycles. The molecule has 156 valence electrons. The number of hydrogen-bond donors (Lipinski definition) is 0. The number of benzene rings is 2. The van der Waals surface area contributed by atoms with E-state index < -0.39 is 32.5 Å². The van der Waals surface area contributed by atoms with Gasteiger partial charge in [0.1, 0.15) is 11.2 Å². The first-order valence-electron chi connectivity index (χ1n) is 8.89. The molecule has 0 atom stereocenters. The molecular formula is C20H11ClF2N4O3S. The van der Waals surface area contributed by atoms with Gasteiger partial charge in [-0.25, -0.2) is 30.6 Å². The van der Waals surface area contributed by atoms with Crippen LogP contribution in [0.1, 0.15) is 5.56 Å². The third-order valence-corrected chi connectivity index (χ3v) is 6.85. The normalized spacial score (nSPS) is 12.3. The van der Waals surface area contributed by atoms with Crippen molar-refractivity contribution in [3.05, 3.63) is 81.5 Å². The Balaban J connectivity index is 1.93. The third kappa shape index (κ3) is 2.75. The van der Waals surface area contributed by atoms with Crippen LogP contribution in [-0.2, 0) is 10.0 Å². The zero-order valence-electron chi connectivity index (χ0n) is 15.7. The highest BCUT2D eigenvalue weighted by molar-refractivity contribution is 7.90. The van der Waals surface area contributed by atoms with E-state index in [4.69, 9.17) is 11.6 Å². The second-order valence-electron chi connectivity index (χ2n) is 6.88. The van der Waals surface area contributed by atoms with Crippen molar-refractivity contribution < 1.29 is 17.2 Å². The van der Waals surface area contributed by atoms with Crippen molar-refractivity contribution in [3.8, 4) is 0 Å². The van der Waals surface area contributed by atoms with E-state index in [-0.39, 0.29) is 32.5 Å². The van der Waals surface area contributed by atoms with Crippen LogP contribution < -0.4 is 5.56 Å². The van der Waals surface area contributed by atoms with E-state index in [2.05, 4.69) is 9.97 Å². The quantitative estimate of drug-likeness (QED) is 0.296. The molecule has 0 saturated carbocycles. The maximum absolute atomic E-state index is 15.0. The van der Waals surface area contributed by atoms with Gasteiger partial charge in [0, 0.05) is 0 Å². The van der Waals surface area contributed by atoms with Crippen LogP contribution in [-0.4, -0.2) is 26.8 Å². The van der Waals surface area contributed by atoms with Crippen LogP contribution in [0.3, 0.4) is 0 Å². The second-order valence-corrected chi connectivity index (χ2v) is 9.03. The van der Waals surface area contributed by atoms with Crippen molar-refractivity contribution in [1.82, 2.24) is 18.3 Å². The van der Waals surface area contributed by atoms with E-state index in [0.29, 0.717) is 3.97 Å². The molecule has 0 radical (unpaired) electrons. The summed E-state index contributed by atoms with van der Waals surface area (Å²) in [5.74, 6) is -1.80. The van der Waals surface area contributed by atoms with Gasteiger partial charge < -0.3 is 0 Å². The van der Waals surface area contributed by atoms with Crippen molar-refractivity contribution in [3.63, 3.8) is 0 Å². The molecule has 7 nitrogen and oxygen atoms in total. The average Bonchev–Trinajstić information content (AvgIpc) is 3.05. The number of rotatable bonds is 2. The van der Waals surface area contributed by atoms with Crippen molar-refractivity contribution >= 4 is 49.2 Å². The molecule has 5 aromatic rings. The molecule has 0 unspecified atom stereocenters. The van der Waals surface area contributed by atoms with Gasteiger partial charge in [-0.1, -0.05) is 23.8 Å². The zero-order chi connectivity index (χ0) is 22.1. The van der Waals surface area contributed by atoms with Crippen LogP contribution in [0.25, 0.3) is 27.6 Å². The minimum atomic E-state index is -4.23. The fourth-order valence-corrected chi connectivity index (χ4v) is 4.97. The number of halogens is 3. The maximum atomic E-state index is 15.0. The highest BCUT2D eigenvalue weighted by atomic mass is 35.5. The van der Waals surface area contributed by atoms with Gasteiger partial charge in [-0.15, -0.1) is 0 Å². The standard InChI is InChI=1S/C20H11ClF2N4O3S/c1-10-5-7-11(8-6-10)31(29,30)26-9-13(23)16-17(26)25-20(21)27-18(16)24-14-4-2-3-12(22)15(14)19(27)28/h2-9H,1H3. The van der Waals surface area contributed by atoms with Gasteiger partial charge in [-0.05, 0) is 42.8 Å². The maximum Gasteiger partial charge on any atom is 0.271 e. The van der Waals surface area contributed by atoms with Crippen LogP contribution in [0.15, 0.2) is 58.4 Å². The summed E-state index contributed by atoms with van der Waals surface area (Å²) in [6.45, 7) is 1.80. The smallest absolute Gasteiger partial charge is 0.268 e. The number of nitrogens with zero attached hydrogens (tertiary/aromatic N) is 4. The topological polar surface area (TPSA) is 86.3 Å². The summed E-state index contributed by atoms with van der Waals surface area (Å²) in [4.78, 5) is 20.9. The predicted octanol–water partition coefficient (Wildman–Crippen LogP) is 3.67. The number of aromatic nitrogens is 4. The van der Waals surface area contributed by atoms with E-state index in [9.17, 15) is 22.0 Å². The fraction of sp³-hybridized carbons (Fsp3) is 0.0500. The highest BCUT2D eigenvalue weighted by Crippen LogP contribution is 2.29. The third-order valence-electron chi connectivity index (χ3n) is 4.93. The van der Waals surface area contributed by atoms with E-state index >= 15 is 0 Å². The molecule has 0 saturated heterocycles. The highest BCUT2D eigenvalue weighted by Gasteiger charge is 2.26. The lowest BCUT2D eigenvalue weighted by Crippen LogP contribution is -2.19. The number of hydrogen-bond acceptors (Lipinski definition) is 5. The molecule has 31 heavy (non-hydrogen) atoms. The number of aryl methyl sites for hydroxylation is 1.